The molecular weight excluding hydrogens is 275 g/mol. The van der Waals surface area contributed by atoms with E-state index in [1.807, 2.05) is 42.5 Å². The number of hydrogen-bond acceptors (Lipinski definition) is 1. The average molecular weight is 284 g/mol. The summed E-state index contributed by atoms with van der Waals surface area (Å²) in [6, 6.07) is 15.1. The highest BCUT2D eigenvalue weighted by molar-refractivity contribution is 9.10. The molecule has 15 heavy (non-hydrogen) atoms. The predicted molar refractivity (Wildman–Crippen MR) is 65.7 cm³/mol. The van der Waals surface area contributed by atoms with E-state index in [9.17, 15) is 0 Å². The van der Waals surface area contributed by atoms with Crippen LogP contribution in [0.3, 0.4) is 0 Å². The minimum absolute atomic E-state index is 0.648. The summed E-state index contributed by atoms with van der Waals surface area (Å²) >= 11 is 9.27. The van der Waals surface area contributed by atoms with Gasteiger partial charge in [0.2, 0.25) is 0 Å². The molecule has 0 saturated carbocycles. The Labute approximate surface area is 102 Å². The maximum atomic E-state index is 5.91. The van der Waals surface area contributed by atoms with Crippen molar-refractivity contribution in [2.45, 2.75) is 0 Å². The smallest absolute Gasteiger partial charge is 0.130 e. The van der Waals surface area contributed by atoms with Crippen LogP contribution < -0.4 is 4.74 Å². The molecule has 0 bridgehead atoms. The Morgan fingerprint density at radius 2 is 1.67 bits per heavy atom. The third-order valence-electron chi connectivity index (χ3n) is 1.81. The second-order valence-corrected chi connectivity index (χ2v) is 4.37. The molecule has 0 radical (unpaired) electrons. The van der Waals surface area contributed by atoms with Gasteiger partial charge in [-0.25, -0.2) is 0 Å². The number of hydrogen-bond donors (Lipinski definition) is 0. The number of halogens is 2. The highest BCUT2D eigenvalue weighted by Crippen LogP contribution is 2.28. The van der Waals surface area contributed by atoms with E-state index < -0.39 is 0 Å². The summed E-state index contributed by atoms with van der Waals surface area (Å²) < 4.78 is 6.53. The number of ether oxygens (including phenoxy) is 1. The lowest BCUT2D eigenvalue weighted by molar-refractivity contribution is 0.482. The molecule has 0 aliphatic rings. The van der Waals surface area contributed by atoms with Gasteiger partial charge in [0.15, 0.2) is 0 Å². The quantitative estimate of drug-likeness (QED) is 0.762. The molecule has 2 aromatic carbocycles. The average Bonchev–Trinajstić information content (AvgIpc) is 2.17. The fraction of sp³-hybridized carbons (Fsp3) is 0. The second-order valence-electron chi connectivity index (χ2n) is 3.02. The molecular formula is C12H8BrClO. The first-order chi connectivity index (χ1) is 7.24. The fourth-order valence-electron chi connectivity index (χ4n) is 1.21. The molecule has 0 heterocycles. The summed E-state index contributed by atoms with van der Waals surface area (Å²) in [4.78, 5) is 0. The normalized spacial score (nSPS) is 10.0. The maximum Gasteiger partial charge on any atom is 0.130 e. The molecule has 2 aromatic rings. The van der Waals surface area contributed by atoms with E-state index in [0.717, 1.165) is 16.0 Å². The fourth-order valence-corrected chi connectivity index (χ4v) is 2.04. The van der Waals surface area contributed by atoms with Crippen molar-refractivity contribution < 1.29 is 4.74 Å². The van der Waals surface area contributed by atoms with Gasteiger partial charge in [-0.15, -0.1) is 0 Å². The van der Waals surface area contributed by atoms with E-state index in [1.165, 1.54) is 0 Å². The summed E-state index contributed by atoms with van der Waals surface area (Å²) in [7, 11) is 0. The lowest BCUT2D eigenvalue weighted by atomic mass is 10.3. The molecule has 0 aromatic heterocycles. The van der Waals surface area contributed by atoms with Crippen molar-refractivity contribution in [2.24, 2.45) is 0 Å². The Kier molecular flexibility index (Phi) is 3.29. The van der Waals surface area contributed by atoms with Crippen molar-refractivity contribution in [2.75, 3.05) is 0 Å². The standard InChI is InChI=1S/C12H8BrClO/c13-9-6-10(14)8-12(7-9)15-11-4-2-1-3-5-11/h1-8H. The first-order valence-corrected chi connectivity index (χ1v) is 5.60. The van der Waals surface area contributed by atoms with Gasteiger partial charge in [0.25, 0.3) is 0 Å². The van der Waals surface area contributed by atoms with Crippen molar-refractivity contribution in [3.05, 3.63) is 58.0 Å². The van der Waals surface area contributed by atoms with Gasteiger partial charge >= 0.3 is 0 Å². The molecule has 0 amide bonds. The van der Waals surface area contributed by atoms with Gasteiger partial charge in [0.05, 0.1) is 0 Å². The van der Waals surface area contributed by atoms with Gasteiger partial charge in [-0.1, -0.05) is 45.7 Å². The first-order valence-electron chi connectivity index (χ1n) is 4.43. The van der Waals surface area contributed by atoms with E-state index in [1.54, 1.807) is 6.07 Å². The monoisotopic (exact) mass is 282 g/mol. The lowest BCUT2D eigenvalue weighted by Crippen LogP contribution is -1.83. The summed E-state index contributed by atoms with van der Waals surface area (Å²) in [5.41, 5.74) is 0. The van der Waals surface area contributed by atoms with Crippen LogP contribution in [0, 0.1) is 0 Å². The van der Waals surface area contributed by atoms with Crippen LogP contribution in [0.4, 0.5) is 0 Å². The minimum Gasteiger partial charge on any atom is -0.457 e. The number of para-hydroxylation sites is 1. The molecule has 0 saturated heterocycles. The highest BCUT2D eigenvalue weighted by Gasteiger charge is 1.99. The van der Waals surface area contributed by atoms with Crippen LogP contribution in [0.1, 0.15) is 0 Å². The molecule has 0 fully saturated rings. The van der Waals surface area contributed by atoms with Gasteiger partial charge in [0, 0.05) is 9.50 Å². The number of rotatable bonds is 2. The van der Waals surface area contributed by atoms with Gasteiger partial charge in [0.1, 0.15) is 11.5 Å². The molecule has 0 atom stereocenters. The molecule has 2 rings (SSSR count). The Morgan fingerprint density at radius 1 is 0.933 bits per heavy atom. The van der Waals surface area contributed by atoms with Crippen LogP contribution in [0.2, 0.25) is 5.02 Å². The third-order valence-corrected chi connectivity index (χ3v) is 2.49. The van der Waals surface area contributed by atoms with Gasteiger partial charge in [-0.2, -0.15) is 0 Å². The van der Waals surface area contributed by atoms with Crippen LogP contribution in [-0.2, 0) is 0 Å². The molecule has 3 heteroatoms. The molecule has 0 aliphatic heterocycles. The zero-order valence-electron chi connectivity index (χ0n) is 7.78. The van der Waals surface area contributed by atoms with Crippen LogP contribution in [0.5, 0.6) is 11.5 Å². The van der Waals surface area contributed by atoms with E-state index >= 15 is 0 Å². The second kappa shape index (κ2) is 4.69. The SMILES string of the molecule is Clc1cc(Br)cc(Oc2ccccc2)c1. The van der Waals surface area contributed by atoms with Crippen LogP contribution in [0.15, 0.2) is 53.0 Å². The van der Waals surface area contributed by atoms with Crippen molar-refractivity contribution in [1.82, 2.24) is 0 Å². The van der Waals surface area contributed by atoms with E-state index in [2.05, 4.69) is 15.9 Å². The Morgan fingerprint density at radius 3 is 2.33 bits per heavy atom. The molecule has 76 valence electrons. The topological polar surface area (TPSA) is 9.23 Å². The van der Waals surface area contributed by atoms with Gasteiger partial charge in [-0.05, 0) is 30.3 Å². The van der Waals surface area contributed by atoms with Gasteiger partial charge < -0.3 is 4.74 Å². The van der Waals surface area contributed by atoms with E-state index in [-0.39, 0.29) is 0 Å². The summed E-state index contributed by atoms with van der Waals surface area (Å²) in [6.07, 6.45) is 0. The Hall–Kier alpha value is -0.990. The lowest BCUT2D eigenvalue weighted by Gasteiger charge is -2.06. The zero-order chi connectivity index (χ0) is 10.7. The van der Waals surface area contributed by atoms with E-state index in [0.29, 0.717) is 5.02 Å². The largest absolute Gasteiger partial charge is 0.457 e. The summed E-state index contributed by atoms with van der Waals surface area (Å²) in [5, 5.41) is 0.648. The van der Waals surface area contributed by atoms with Crippen molar-refractivity contribution in [1.29, 1.82) is 0 Å². The molecule has 0 spiro atoms. The van der Waals surface area contributed by atoms with Crippen LogP contribution in [0.25, 0.3) is 0 Å². The summed E-state index contributed by atoms with van der Waals surface area (Å²) in [6.45, 7) is 0. The number of benzene rings is 2. The molecule has 0 unspecified atom stereocenters. The zero-order valence-corrected chi connectivity index (χ0v) is 10.1. The van der Waals surface area contributed by atoms with E-state index in [4.69, 9.17) is 16.3 Å². The summed E-state index contributed by atoms with van der Waals surface area (Å²) in [5.74, 6) is 1.52. The minimum atomic E-state index is 0.648. The van der Waals surface area contributed by atoms with Crippen LogP contribution in [-0.4, -0.2) is 0 Å². The Bertz CT molecular complexity index is 436. The van der Waals surface area contributed by atoms with Crippen molar-refractivity contribution >= 4 is 27.5 Å². The van der Waals surface area contributed by atoms with Crippen molar-refractivity contribution in [3.8, 4) is 11.5 Å². The molecule has 0 N–H and O–H groups in total. The Balaban J connectivity index is 2.25. The first kappa shape index (κ1) is 10.5. The predicted octanol–water partition coefficient (Wildman–Crippen LogP) is 4.89. The third kappa shape index (κ3) is 2.98. The molecule has 0 aliphatic carbocycles. The van der Waals surface area contributed by atoms with Crippen LogP contribution >= 0.6 is 27.5 Å². The highest BCUT2D eigenvalue weighted by atomic mass is 79.9. The van der Waals surface area contributed by atoms with Crippen molar-refractivity contribution in [3.63, 3.8) is 0 Å². The van der Waals surface area contributed by atoms with Gasteiger partial charge in [-0.3, -0.25) is 0 Å². The maximum absolute atomic E-state index is 5.91. The molecule has 1 nitrogen and oxygen atoms in total.